The van der Waals surface area contributed by atoms with Gasteiger partial charge in [-0.15, -0.1) is 0 Å². The maximum atomic E-state index is 3.68. The van der Waals surface area contributed by atoms with E-state index in [1.807, 2.05) is 0 Å². The number of nitrogens with one attached hydrogen (secondary N) is 1. The summed E-state index contributed by atoms with van der Waals surface area (Å²) in [5, 5.41) is 5.18. The molecule has 1 aliphatic carbocycles. The average Bonchev–Trinajstić information content (AvgIpc) is 3.00. The van der Waals surface area contributed by atoms with E-state index >= 15 is 0 Å². The molecule has 2 aromatic rings. The van der Waals surface area contributed by atoms with Crippen LogP contribution in [0.25, 0.3) is 9.65 Å². The predicted molar refractivity (Wildman–Crippen MR) is 70.2 cm³/mol. The maximum absolute atomic E-state index is 3.68. The van der Waals surface area contributed by atoms with Crippen molar-refractivity contribution in [3.63, 3.8) is 0 Å². The van der Waals surface area contributed by atoms with Crippen LogP contribution in [0.2, 0.25) is 0 Å². The van der Waals surface area contributed by atoms with Gasteiger partial charge in [-0.2, -0.15) is 0 Å². The van der Waals surface area contributed by atoms with Crippen LogP contribution in [0.3, 0.4) is 0 Å². The van der Waals surface area contributed by atoms with Gasteiger partial charge in [-0.3, -0.25) is 0 Å². The van der Waals surface area contributed by atoms with E-state index in [1.165, 1.54) is 24.6 Å². The third-order valence-electron chi connectivity index (χ3n) is 3.18. The van der Waals surface area contributed by atoms with Gasteiger partial charge in [0, 0.05) is 0 Å². The van der Waals surface area contributed by atoms with Gasteiger partial charge in [0.25, 0.3) is 0 Å². The number of hydrogen-bond acceptors (Lipinski definition) is 1. The first-order valence-corrected chi connectivity index (χ1v) is 7.88. The Bertz CT molecular complexity index is 484. The summed E-state index contributed by atoms with van der Waals surface area (Å²) in [6.07, 6.45) is 3.95. The van der Waals surface area contributed by atoms with E-state index < -0.39 is 0 Å². The van der Waals surface area contributed by atoms with Crippen LogP contribution in [0.4, 0.5) is 0 Å². The Morgan fingerprint density at radius 3 is 3.00 bits per heavy atom. The van der Waals surface area contributed by atoms with Crippen LogP contribution in [-0.4, -0.2) is 26.6 Å². The molecule has 1 fully saturated rings. The van der Waals surface area contributed by atoms with E-state index in [4.69, 9.17) is 0 Å². The fourth-order valence-electron chi connectivity index (χ4n) is 2.23. The molecule has 0 saturated heterocycles. The molecule has 0 unspecified atom stereocenters. The van der Waals surface area contributed by atoms with Crippen LogP contribution >= 0.6 is 0 Å². The summed E-state index contributed by atoms with van der Waals surface area (Å²) in [7, 11) is 0. The molecule has 0 amide bonds. The molecule has 16 heavy (non-hydrogen) atoms. The molecule has 3 rings (SSSR count). The van der Waals surface area contributed by atoms with Crippen molar-refractivity contribution in [2.24, 2.45) is 0 Å². The van der Waals surface area contributed by atoms with Crippen molar-refractivity contribution in [2.75, 3.05) is 0 Å². The monoisotopic (exact) mass is 279 g/mol. The summed E-state index contributed by atoms with van der Waals surface area (Å²) in [4.78, 5) is 2.46. The van der Waals surface area contributed by atoms with Gasteiger partial charge in [-0.05, 0) is 0 Å². The van der Waals surface area contributed by atoms with Crippen molar-refractivity contribution in [2.45, 2.75) is 38.3 Å². The molecule has 0 spiro atoms. The van der Waals surface area contributed by atoms with Gasteiger partial charge in [-0.1, -0.05) is 0 Å². The zero-order valence-electron chi connectivity index (χ0n) is 9.57. The summed E-state index contributed by atoms with van der Waals surface area (Å²) in [5.41, 5.74) is 1.57. The first-order valence-electron chi connectivity index (χ1n) is 6.04. The van der Waals surface area contributed by atoms with Crippen LogP contribution in [0.15, 0.2) is 29.2 Å². The topological polar surface area (TPSA) is 12.0 Å². The molecule has 84 valence electrons. The molecule has 1 nitrogen and oxygen atoms in total. The molecule has 0 radical (unpaired) electrons. The van der Waals surface area contributed by atoms with E-state index in [0.717, 1.165) is 6.04 Å². The normalized spacial score (nSPS) is 17.8. The van der Waals surface area contributed by atoms with Gasteiger partial charge in [0.1, 0.15) is 0 Å². The summed E-state index contributed by atoms with van der Waals surface area (Å²) >= 11 is 0.575. The Balaban J connectivity index is 1.77. The Hall–Kier alpha value is -0.561. The Morgan fingerprint density at radius 1 is 1.38 bits per heavy atom. The van der Waals surface area contributed by atoms with Crippen molar-refractivity contribution < 1.29 is 0 Å². The zero-order chi connectivity index (χ0) is 11.0. The standard InChI is InChI=1S/C14H17NSe/c1-10(15-12-6-7-12)8-11-9-16-14-5-3-2-4-13(11)14/h2-5,9-10,12,15H,6-8H2,1H3/t10-/m1/s1. The van der Waals surface area contributed by atoms with Crippen LogP contribution < -0.4 is 5.32 Å². The third kappa shape index (κ3) is 2.24. The van der Waals surface area contributed by atoms with Crippen LogP contribution in [0.5, 0.6) is 0 Å². The second-order valence-electron chi connectivity index (χ2n) is 4.80. The number of fused-ring (bicyclic) bond motifs is 1. The van der Waals surface area contributed by atoms with Crippen LogP contribution in [-0.2, 0) is 6.42 Å². The van der Waals surface area contributed by atoms with Crippen molar-refractivity contribution in [3.05, 3.63) is 34.8 Å². The number of hydrogen-bond donors (Lipinski definition) is 1. The average molecular weight is 278 g/mol. The second kappa shape index (κ2) is 4.37. The summed E-state index contributed by atoms with van der Waals surface area (Å²) in [6.45, 7) is 2.31. The summed E-state index contributed by atoms with van der Waals surface area (Å²) < 4.78 is 1.56. The molecule has 1 N–H and O–H groups in total. The minimum absolute atomic E-state index is 0.575. The van der Waals surface area contributed by atoms with E-state index in [2.05, 4.69) is 41.4 Å². The molecule has 1 heterocycles. The molecule has 1 aliphatic rings. The molecule has 0 aliphatic heterocycles. The Kier molecular flexibility index (Phi) is 2.89. The van der Waals surface area contributed by atoms with Gasteiger partial charge < -0.3 is 0 Å². The Labute approximate surface area is 103 Å². The predicted octanol–water partition coefficient (Wildman–Crippen LogP) is 2.58. The molecule has 1 atom stereocenters. The summed E-state index contributed by atoms with van der Waals surface area (Å²) in [5.74, 6) is 0. The number of benzene rings is 1. The quantitative estimate of drug-likeness (QED) is 0.848. The van der Waals surface area contributed by atoms with Crippen molar-refractivity contribution in [1.29, 1.82) is 0 Å². The van der Waals surface area contributed by atoms with Crippen molar-refractivity contribution in [3.8, 4) is 0 Å². The van der Waals surface area contributed by atoms with Crippen LogP contribution in [0.1, 0.15) is 25.3 Å². The fourth-order valence-corrected chi connectivity index (χ4v) is 4.28. The number of rotatable bonds is 4. The molecular weight excluding hydrogens is 261 g/mol. The van der Waals surface area contributed by atoms with Gasteiger partial charge in [0.15, 0.2) is 0 Å². The summed E-state index contributed by atoms with van der Waals surface area (Å²) in [6, 6.07) is 10.3. The molecular formula is C14H17NSe. The third-order valence-corrected chi connectivity index (χ3v) is 5.31. The SMILES string of the molecule is C[C@H](Cc1c[se]c2ccccc12)NC1CC1. The minimum atomic E-state index is 0.575. The van der Waals surface area contributed by atoms with E-state index in [-0.39, 0.29) is 0 Å². The van der Waals surface area contributed by atoms with Crippen molar-refractivity contribution in [1.82, 2.24) is 5.32 Å². The van der Waals surface area contributed by atoms with Gasteiger partial charge in [0.05, 0.1) is 0 Å². The molecule has 2 heteroatoms. The van der Waals surface area contributed by atoms with E-state index in [9.17, 15) is 0 Å². The molecule has 0 bridgehead atoms. The fraction of sp³-hybridized carbons (Fsp3) is 0.429. The second-order valence-corrected chi connectivity index (χ2v) is 6.72. The molecule has 1 aromatic heterocycles. The van der Waals surface area contributed by atoms with Crippen molar-refractivity contribution >= 4 is 24.1 Å². The van der Waals surface area contributed by atoms with Gasteiger partial charge in [-0.25, -0.2) is 0 Å². The van der Waals surface area contributed by atoms with E-state index in [1.54, 1.807) is 9.82 Å². The van der Waals surface area contributed by atoms with Gasteiger partial charge in [0.2, 0.25) is 0 Å². The van der Waals surface area contributed by atoms with Crippen LogP contribution in [0, 0.1) is 0 Å². The van der Waals surface area contributed by atoms with E-state index in [0.29, 0.717) is 20.5 Å². The first kappa shape index (κ1) is 10.6. The first-order chi connectivity index (χ1) is 7.83. The molecule has 1 aromatic carbocycles. The Morgan fingerprint density at radius 2 is 2.19 bits per heavy atom. The zero-order valence-corrected chi connectivity index (χ0v) is 11.3. The van der Waals surface area contributed by atoms with Gasteiger partial charge >= 0.3 is 103 Å². The molecule has 1 saturated carbocycles.